The van der Waals surface area contributed by atoms with Gasteiger partial charge in [-0.25, -0.2) is 0 Å². The van der Waals surface area contributed by atoms with E-state index in [0.717, 1.165) is 32.9 Å². The van der Waals surface area contributed by atoms with Crippen LogP contribution in [0.1, 0.15) is 26.2 Å². The summed E-state index contributed by atoms with van der Waals surface area (Å²) in [7, 11) is 0. The Morgan fingerprint density at radius 3 is 2.77 bits per heavy atom. The van der Waals surface area contributed by atoms with E-state index in [0.29, 0.717) is 6.10 Å². The Bertz CT molecular complexity index is 115. The highest BCUT2D eigenvalue weighted by Crippen LogP contribution is 2.06. The van der Waals surface area contributed by atoms with Crippen LogP contribution in [0.3, 0.4) is 0 Å². The zero-order valence-corrected chi connectivity index (χ0v) is 8.55. The van der Waals surface area contributed by atoms with Crippen LogP contribution in [0.25, 0.3) is 0 Å². The molecule has 13 heavy (non-hydrogen) atoms. The normalized spacial score (nSPS) is 17.3. The van der Waals surface area contributed by atoms with Crippen LogP contribution in [0.4, 0.5) is 0 Å². The molecule has 3 nitrogen and oxygen atoms in total. The van der Waals surface area contributed by atoms with Gasteiger partial charge in [0.15, 0.2) is 0 Å². The largest absolute Gasteiger partial charge is 0.376 e. The van der Waals surface area contributed by atoms with Gasteiger partial charge in [0.05, 0.1) is 13.2 Å². The van der Waals surface area contributed by atoms with Crippen molar-refractivity contribution in [3.8, 4) is 0 Å². The molecule has 1 N–H and O–H groups in total. The molecule has 0 bridgehead atoms. The molecule has 1 heterocycles. The van der Waals surface area contributed by atoms with Crippen LogP contribution < -0.4 is 5.32 Å². The second-order valence-electron chi connectivity index (χ2n) is 3.44. The first-order chi connectivity index (χ1) is 6.43. The Morgan fingerprint density at radius 2 is 2.15 bits per heavy atom. The average molecular weight is 187 g/mol. The number of hydrogen-bond donors (Lipinski definition) is 1. The number of ether oxygens (including phenoxy) is 2. The van der Waals surface area contributed by atoms with Gasteiger partial charge in [-0.2, -0.15) is 0 Å². The van der Waals surface area contributed by atoms with Gasteiger partial charge in [-0.3, -0.25) is 0 Å². The first-order valence-corrected chi connectivity index (χ1v) is 5.33. The summed E-state index contributed by atoms with van der Waals surface area (Å²) >= 11 is 0. The number of rotatable bonds is 8. The molecule has 3 heteroatoms. The molecule has 0 saturated carbocycles. The summed E-state index contributed by atoms with van der Waals surface area (Å²) in [6.07, 6.45) is 4.11. The highest BCUT2D eigenvalue weighted by atomic mass is 16.6. The van der Waals surface area contributed by atoms with E-state index in [-0.39, 0.29) is 0 Å². The Morgan fingerprint density at radius 1 is 1.31 bits per heavy atom. The molecule has 1 aliphatic rings. The van der Waals surface area contributed by atoms with E-state index in [1.54, 1.807) is 0 Å². The Kier molecular flexibility index (Phi) is 6.15. The second-order valence-corrected chi connectivity index (χ2v) is 3.44. The molecule has 1 fully saturated rings. The van der Waals surface area contributed by atoms with Crippen LogP contribution in [0, 0.1) is 0 Å². The maximum Gasteiger partial charge on any atom is 0.104 e. The third-order valence-electron chi connectivity index (χ3n) is 2.21. The van der Waals surface area contributed by atoms with Crippen molar-refractivity contribution >= 4 is 0 Å². The first kappa shape index (κ1) is 11.0. The predicted octanol–water partition coefficient (Wildman–Crippen LogP) is 1.18. The van der Waals surface area contributed by atoms with Gasteiger partial charge in [-0.1, -0.05) is 6.92 Å². The predicted molar refractivity (Wildman–Crippen MR) is 53.0 cm³/mol. The van der Waals surface area contributed by atoms with Gasteiger partial charge in [0.25, 0.3) is 0 Å². The molecule has 0 aliphatic carbocycles. The molecular formula is C10H21NO2. The van der Waals surface area contributed by atoms with E-state index < -0.39 is 0 Å². The summed E-state index contributed by atoms with van der Waals surface area (Å²) in [5, 5.41) is 3.31. The number of hydrogen-bond acceptors (Lipinski definition) is 3. The van der Waals surface area contributed by atoms with Crippen LogP contribution in [0.2, 0.25) is 0 Å². The molecule has 0 aromatic rings. The zero-order valence-electron chi connectivity index (χ0n) is 8.55. The van der Waals surface area contributed by atoms with Gasteiger partial charge in [-0.15, -0.1) is 0 Å². The molecule has 0 aromatic heterocycles. The highest BCUT2D eigenvalue weighted by molar-refractivity contribution is 4.63. The maximum absolute atomic E-state index is 5.54. The van der Waals surface area contributed by atoms with Crippen LogP contribution in [-0.4, -0.2) is 39.0 Å². The monoisotopic (exact) mass is 187 g/mol. The van der Waals surface area contributed by atoms with Crippen molar-refractivity contribution in [1.29, 1.82) is 0 Å². The lowest BCUT2D eigenvalue weighted by atomic mass is 10.2. The summed E-state index contributed by atoms with van der Waals surface area (Å²) in [5.74, 6) is 0. The van der Waals surface area contributed by atoms with Crippen molar-refractivity contribution < 1.29 is 9.47 Å². The zero-order chi connectivity index (χ0) is 9.36. The van der Waals surface area contributed by atoms with E-state index in [9.17, 15) is 0 Å². The van der Waals surface area contributed by atoms with Crippen LogP contribution >= 0.6 is 0 Å². The van der Waals surface area contributed by atoms with Crippen molar-refractivity contribution in [3.63, 3.8) is 0 Å². The van der Waals surface area contributed by atoms with Gasteiger partial charge < -0.3 is 14.8 Å². The minimum Gasteiger partial charge on any atom is -0.376 e. The average Bonchev–Trinajstić information content (AvgIpc) is 2.07. The van der Waals surface area contributed by atoms with Crippen molar-refractivity contribution in [3.05, 3.63) is 0 Å². The quantitative estimate of drug-likeness (QED) is 0.579. The van der Waals surface area contributed by atoms with Gasteiger partial charge in [0, 0.05) is 6.61 Å². The van der Waals surface area contributed by atoms with Crippen molar-refractivity contribution in [2.24, 2.45) is 0 Å². The summed E-state index contributed by atoms with van der Waals surface area (Å²) in [6, 6.07) is 0. The van der Waals surface area contributed by atoms with Gasteiger partial charge >= 0.3 is 0 Å². The Hall–Kier alpha value is -0.120. The molecule has 1 rings (SSSR count). The summed E-state index contributed by atoms with van der Waals surface area (Å²) in [5.41, 5.74) is 0. The lowest BCUT2D eigenvalue weighted by Crippen LogP contribution is -2.36. The van der Waals surface area contributed by atoms with Gasteiger partial charge in [-0.05, 0) is 32.4 Å². The molecular weight excluding hydrogens is 166 g/mol. The van der Waals surface area contributed by atoms with E-state index in [4.69, 9.17) is 9.47 Å². The third kappa shape index (κ3) is 5.24. The molecule has 0 spiro atoms. The van der Waals surface area contributed by atoms with Gasteiger partial charge in [0.1, 0.15) is 6.10 Å². The van der Waals surface area contributed by atoms with Crippen molar-refractivity contribution in [2.75, 3.05) is 32.9 Å². The van der Waals surface area contributed by atoms with Crippen LogP contribution in [-0.2, 0) is 9.47 Å². The van der Waals surface area contributed by atoms with Crippen LogP contribution in [0.5, 0.6) is 0 Å². The van der Waals surface area contributed by atoms with Crippen LogP contribution in [0.15, 0.2) is 0 Å². The standard InChI is InChI=1S/C10H21NO2/c1-2-11-6-4-3-5-7-13-10-8-12-9-10/h10-11H,2-9H2,1H3. The molecule has 78 valence electrons. The highest BCUT2D eigenvalue weighted by Gasteiger charge is 2.17. The SMILES string of the molecule is CCNCCCCCOC1COC1. The van der Waals surface area contributed by atoms with E-state index in [1.165, 1.54) is 19.3 Å². The second kappa shape index (κ2) is 7.30. The lowest BCUT2D eigenvalue weighted by Gasteiger charge is -2.25. The maximum atomic E-state index is 5.54. The van der Waals surface area contributed by atoms with E-state index in [1.807, 2.05) is 0 Å². The summed E-state index contributed by atoms with van der Waals surface area (Å²) < 4.78 is 10.5. The fraction of sp³-hybridized carbons (Fsp3) is 1.00. The lowest BCUT2D eigenvalue weighted by molar-refractivity contribution is -0.129. The molecule has 0 radical (unpaired) electrons. The van der Waals surface area contributed by atoms with E-state index in [2.05, 4.69) is 12.2 Å². The summed E-state index contributed by atoms with van der Waals surface area (Å²) in [4.78, 5) is 0. The molecule has 0 atom stereocenters. The smallest absolute Gasteiger partial charge is 0.104 e. The molecule has 0 unspecified atom stereocenters. The topological polar surface area (TPSA) is 30.5 Å². The summed E-state index contributed by atoms with van der Waals surface area (Å²) in [6.45, 7) is 6.87. The number of unbranched alkanes of at least 4 members (excludes halogenated alkanes) is 2. The molecule has 0 aromatic carbocycles. The van der Waals surface area contributed by atoms with E-state index >= 15 is 0 Å². The van der Waals surface area contributed by atoms with Gasteiger partial charge in [0.2, 0.25) is 0 Å². The van der Waals surface area contributed by atoms with Crippen molar-refractivity contribution in [1.82, 2.24) is 5.32 Å². The minimum atomic E-state index is 0.397. The first-order valence-electron chi connectivity index (χ1n) is 5.33. The number of nitrogens with one attached hydrogen (secondary N) is 1. The molecule has 1 saturated heterocycles. The molecule has 1 aliphatic heterocycles. The minimum absolute atomic E-state index is 0.397. The molecule has 0 amide bonds. The third-order valence-corrected chi connectivity index (χ3v) is 2.21. The Labute approximate surface area is 80.8 Å². The fourth-order valence-corrected chi connectivity index (χ4v) is 1.27. The Balaban J connectivity index is 1.68. The van der Waals surface area contributed by atoms with Crippen molar-refractivity contribution in [2.45, 2.75) is 32.3 Å². The fourth-order valence-electron chi connectivity index (χ4n) is 1.27.